The number of methoxy groups -OCH3 is 2. The highest BCUT2D eigenvalue weighted by molar-refractivity contribution is 9.10. The molecule has 0 aromatic heterocycles. The van der Waals surface area contributed by atoms with E-state index in [-0.39, 0.29) is 6.04 Å². The number of hydrazine groups is 1. The first kappa shape index (κ1) is 16.1. The van der Waals surface area contributed by atoms with Crippen molar-refractivity contribution in [2.45, 2.75) is 6.04 Å². The molecule has 0 aliphatic heterocycles. The fraction of sp³-hybridized carbons (Fsp3) is 0.200. The third-order valence-electron chi connectivity index (χ3n) is 3.19. The van der Waals surface area contributed by atoms with E-state index in [4.69, 9.17) is 26.9 Å². The molecule has 0 radical (unpaired) electrons. The lowest BCUT2D eigenvalue weighted by atomic mass is 9.98. The summed E-state index contributed by atoms with van der Waals surface area (Å²) in [6.07, 6.45) is 0. The minimum Gasteiger partial charge on any atom is -0.497 e. The zero-order valence-corrected chi connectivity index (χ0v) is 14.0. The van der Waals surface area contributed by atoms with Crippen molar-refractivity contribution in [3.05, 3.63) is 57.0 Å². The minimum atomic E-state index is -0.238. The van der Waals surface area contributed by atoms with Crippen molar-refractivity contribution in [1.29, 1.82) is 0 Å². The third-order valence-corrected chi connectivity index (χ3v) is 4.11. The van der Waals surface area contributed by atoms with Crippen LogP contribution in [-0.4, -0.2) is 14.2 Å². The Kier molecular flexibility index (Phi) is 5.47. The van der Waals surface area contributed by atoms with Crippen LogP contribution >= 0.6 is 27.5 Å². The van der Waals surface area contributed by atoms with Crippen LogP contribution in [0.3, 0.4) is 0 Å². The molecule has 4 nitrogen and oxygen atoms in total. The Morgan fingerprint density at radius 2 is 1.81 bits per heavy atom. The van der Waals surface area contributed by atoms with Crippen molar-refractivity contribution in [2.75, 3.05) is 14.2 Å². The molecule has 6 heteroatoms. The van der Waals surface area contributed by atoms with Crippen molar-refractivity contribution in [2.24, 2.45) is 5.84 Å². The van der Waals surface area contributed by atoms with Crippen LogP contribution in [0.1, 0.15) is 17.2 Å². The van der Waals surface area contributed by atoms with Gasteiger partial charge in [-0.25, -0.2) is 5.43 Å². The van der Waals surface area contributed by atoms with Crippen LogP contribution in [0.4, 0.5) is 0 Å². The maximum Gasteiger partial charge on any atom is 0.127 e. The second-order valence-electron chi connectivity index (χ2n) is 4.37. The van der Waals surface area contributed by atoms with Crippen LogP contribution in [0.5, 0.6) is 11.5 Å². The average molecular weight is 372 g/mol. The molecule has 1 atom stereocenters. The second-order valence-corrected chi connectivity index (χ2v) is 5.66. The Labute approximate surface area is 137 Å². The number of ether oxygens (including phenoxy) is 2. The lowest BCUT2D eigenvalue weighted by molar-refractivity contribution is 0.387. The molecule has 3 N–H and O–H groups in total. The number of rotatable bonds is 5. The molecule has 0 aliphatic rings. The van der Waals surface area contributed by atoms with Crippen LogP contribution in [0.2, 0.25) is 5.02 Å². The van der Waals surface area contributed by atoms with E-state index in [2.05, 4.69) is 21.4 Å². The van der Waals surface area contributed by atoms with Crippen molar-refractivity contribution in [3.63, 3.8) is 0 Å². The Balaban J connectivity index is 2.50. The van der Waals surface area contributed by atoms with E-state index in [1.54, 1.807) is 14.2 Å². The summed E-state index contributed by atoms with van der Waals surface area (Å²) in [6.45, 7) is 0. The van der Waals surface area contributed by atoms with Gasteiger partial charge in [0.15, 0.2) is 0 Å². The van der Waals surface area contributed by atoms with Gasteiger partial charge in [0.05, 0.1) is 20.3 Å². The fourth-order valence-electron chi connectivity index (χ4n) is 2.14. The Bertz CT molecular complexity index is 637. The predicted molar refractivity (Wildman–Crippen MR) is 87.9 cm³/mol. The van der Waals surface area contributed by atoms with E-state index in [0.717, 1.165) is 21.3 Å². The first-order valence-corrected chi connectivity index (χ1v) is 7.40. The molecule has 0 heterocycles. The largest absolute Gasteiger partial charge is 0.497 e. The van der Waals surface area contributed by atoms with E-state index in [9.17, 15) is 0 Å². The standard InChI is InChI=1S/C15H16BrClN2O2/c1-20-10-4-6-12(14(8-10)21-2)15(19-18)11-5-3-9(17)7-13(11)16/h3-8,15,19H,18H2,1-2H3. The number of nitrogens with one attached hydrogen (secondary N) is 1. The average Bonchev–Trinajstić information content (AvgIpc) is 2.50. The van der Waals surface area contributed by atoms with E-state index in [1.807, 2.05) is 36.4 Å². The van der Waals surface area contributed by atoms with Gasteiger partial charge in [-0.1, -0.05) is 33.6 Å². The summed E-state index contributed by atoms with van der Waals surface area (Å²) >= 11 is 9.50. The second kappa shape index (κ2) is 7.13. The number of nitrogens with two attached hydrogens (primary N) is 1. The van der Waals surface area contributed by atoms with Gasteiger partial charge >= 0.3 is 0 Å². The molecule has 0 spiro atoms. The first-order valence-electron chi connectivity index (χ1n) is 6.23. The summed E-state index contributed by atoms with van der Waals surface area (Å²) in [5.74, 6) is 7.16. The summed E-state index contributed by atoms with van der Waals surface area (Å²) in [5, 5.41) is 0.656. The van der Waals surface area contributed by atoms with Crippen LogP contribution < -0.4 is 20.7 Å². The van der Waals surface area contributed by atoms with E-state index in [1.165, 1.54) is 0 Å². The maximum atomic E-state index is 5.99. The van der Waals surface area contributed by atoms with Crippen LogP contribution in [0, 0.1) is 0 Å². The summed E-state index contributed by atoms with van der Waals surface area (Å²) in [7, 11) is 3.23. The number of hydrogen-bond acceptors (Lipinski definition) is 4. The molecule has 0 bridgehead atoms. The third kappa shape index (κ3) is 3.49. The SMILES string of the molecule is COc1ccc(C(NN)c2ccc(Cl)cc2Br)c(OC)c1. The quantitative estimate of drug-likeness (QED) is 0.622. The monoisotopic (exact) mass is 370 g/mol. The molecule has 0 fully saturated rings. The molecule has 21 heavy (non-hydrogen) atoms. The minimum absolute atomic E-state index is 0.238. The van der Waals surface area contributed by atoms with E-state index >= 15 is 0 Å². The van der Waals surface area contributed by atoms with Gasteiger partial charge in [-0.15, -0.1) is 0 Å². The topological polar surface area (TPSA) is 56.5 Å². The van der Waals surface area contributed by atoms with E-state index < -0.39 is 0 Å². The van der Waals surface area contributed by atoms with E-state index in [0.29, 0.717) is 10.8 Å². The predicted octanol–water partition coefficient (Wildman–Crippen LogP) is 3.67. The molecule has 2 rings (SSSR count). The maximum absolute atomic E-state index is 5.99. The summed E-state index contributed by atoms with van der Waals surface area (Å²) in [5.41, 5.74) is 4.68. The van der Waals surface area contributed by atoms with Crippen molar-refractivity contribution < 1.29 is 9.47 Å². The molecular weight excluding hydrogens is 356 g/mol. The summed E-state index contributed by atoms with van der Waals surface area (Å²) in [4.78, 5) is 0. The van der Waals surface area contributed by atoms with Crippen molar-refractivity contribution in [1.82, 2.24) is 5.43 Å². The molecule has 2 aromatic carbocycles. The highest BCUT2D eigenvalue weighted by atomic mass is 79.9. The molecule has 0 saturated heterocycles. The molecule has 0 amide bonds. The molecule has 0 saturated carbocycles. The zero-order valence-electron chi connectivity index (χ0n) is 11.7. The van der Waals surface area contributed by atoms with Gasteiger partial charge in [-0.05, 0) is 29.8 Å². The first-order chi connectivity index (χ1) is 10.1. The molecular formula is C15H16BrClN2O2. The van der Waals surface area contributed by atoms with Gasteiger partial charge < -0.3 is 9.47 Å². The fourth-order valence-corrected chi connectivity index (χ4v) is 3.05. The number of halogens is 2. The van der Waals surface area contributed by atoms with Crippen molar-refractivity contribution >= 4 is 27.5 Å². The van der Waals surface area contributed by atoms with Crippen LogP contribution in [0.15, 0.2) is 40.9 Å². The molecule has 2 aromatic rings. The molecule has 0 aliphatic carbocycles. The van der Waals surface area contributed by atoms with Crippen LogP contribution in [-0.2, 0) is 0 Å². The lowest BCUT2D eigenvalue weighted by Crippen LogP contribution is -2.29. The summed E-state index contributed by atoms with van der Waals surface area (Å²) in [6, 6.07) is 10.9. The molecule has 112 valence electrons. The van der Waals surface area contributed by atoms with Gasteiger partial charge in [0.2, 0.25) is 0 Å². The van der Waals surface area contributed by atoms with Crippen LogP contribution in [0.25, 0.3) is 0 Å². The smallest absolute Gasteiger partial charge is 0.127 e. The Morgan fingerprint density at radius 3 is 2.38 bits per heavy atom. The van der Waals surface area contributed by atoms with Gasteiger partial charge in [-0.2, -0.15) is 0 Å². The van der Waals surface area contributed by atoms with Gasteiger partial charge in [-0.3, -0.25) is 5.84 Å². The van der Waals surface area contributed by atoms with Gasteiger partial charge in [0, 0.05) is 21.1 Å². The Hall–Kier alpha value is -1.27. The normalized spacial score (nSPS) is 12.0. The highest BCUT2D eigenvalue weighted by Gasteiger charge is 2.20. The lowest BCUT2D eigenvalue weighted by Gasteiger charge is -2.21. The Morgan fingerprint density at radius 1 is 1.10 bits per heavy atom. The zero-order chi connectivity index (χ0) is 15.4. The number of hydrogen-bond donors (Lipinski definition) is 2. The summed E-state index contributed by atoms with van der Waals surface area (Å²) < 4.78 is 11.5. The van der Waals surface area contributed by atoms with Gasteiger partial charge in [0.25, 0.3) is 0 Å². The highest BCUT2D eigenvalue weighted by Crippen LogP contribution is 2.36. The number of benzene rings is 2. The van der Waals surface area contributed by atoms with Gasteiger partial charge in [0.1, 0.15) is 11.5 Å². The molecule has 1 unspecified atom stereocenters. The van der Waals surface area contributed by atoms with Crippen molar-refractivity contribution in [3.8, 4) is 11.5 Å².